The quantitative estimate of drug-likeness (QED) is 0.540. The molecule has 0 unspecified atom stereocenters. The smallest absolute Gasteiger partial charge is 0.339 e. The zero-order chi connectivity index (χ0) is 21.1. The largest absolute Gasteiger partial charge is 0.456 e. The summed E-state index contributed by atoms with van der Waals surface area (Å²) in [5, 5.41) is 6.72. The lowest BCUT2D eigenvalue weighted by Crippen LogP contribution is -2.36. The number of ether oxygens (including phenoxy) is 1. The van der Waals surface area contributed by atoms with Crippen molar-refractivity contribution in [2.24, 2.45) is 7.05 Å². The van der Waals surface area contributed by atoms with Gasteiger partial charge in [-0.3, -0.25) is 4.68 Å². The van der Waals surface area contributed by atoms with Crippen molar-refractivity contribution in [2.75, 3.05) is 13.1 Å². The van der Waals surface area contributed by atoms with E-state index in [1.54, 1.807) is 23.0 Å². The van der Waals surface area contributed by atoms with E-state index in [0.29, 0.717) is 18.8 Å². The highest BCUT2D eigenvalue weighted by atomic mass is 32.2. The topological polar surface area (TPSA) is 94.4 Å². The molecule has 8 nitrogen and oxygen atoms in total. The van der Waals surface area contributed by atoms with Crippen LogP contribution in [0.4, 0.5) is 0 Å². The van der Waals surface area contributed by atoms with Crippen LogP contribution in [0.3, 0.4) is 0 Å². The maximum atomic E-state index is 13.0. The summed E-state index contributed by atoms with van der Waals surface area (Å²) in [6, 6.07) is 6.20. The predicted molar refractivity (Wildman–Crippen MR) is 112 cm³/mol. The van der Waals surface area contributed by atoms with Crippen molar-refractivity contribution in [1.29, 1.82) is 0 Å². The van der Waals surface area contributed by atoms with Crippen LogP contribution in [0.25, 0.3) is 10.6 Å². The number of carbonyl (C=O) groups excluding carboxylic acids is 1. The van der Waals surface area contributed by atoms with Gasteiger partial charge >= 0.3 is 5.97 Å². The van der Waals surface area contributed by atoms with Crippen molar-refractivity contribution in [1.82, 2.24) is 19.1 Å². The molecule has 0 N–H and O–H groups in total. The Hall–Kier alpha value is -2.56. The van der Waals surface area contributed by atoms with E-state index in [1.165, 1.54) is 27.8 Å². The number of benzene rings is 1. The first-order valence-electron chi connectivity index (χ1n) is 9.65. The van der Waals surface area contributed by atoms with Crippen LogP contribution in [0, 0.1) is 0 Å². The summed E-state index contributed by atoms with van der Waals surface area (Å²) >= 11 is 1.43. The lowest BCUT2D eigenvalue weighted by atomic mass is 10.2. The highest BCUT2D eigenvalue weighted by Gasteiger charge is 2.30. The van der Waals surface area contributed by atoms with Gasteiger partial charge in [-0.05, 0) is 25.0 Å². The standard InChI is InChI=1S/C20H22N4O4S2/c1-23-12-15(11-21-23)19-22-16(14-29-19)13-28-20(25)17-7-3-4-8-18(17)30(26,27)24-9-5-2-6-10-24/h3-4,7-8,11-12,14H,2,5-6,9-10,13H2,1H3. The van der Waals surface area contributed by atoms with Crippen molar-refractivity contribution in [3.05, 3.63) is 53.3 Å². The number of nitrogens with zero attached hydrogens (tertiary/aromatic N) is 4. The summed E-state index contributed by atoms with van der Waals surface area (Å²) < 4.78 is 34.6. The van der Waals surface area contributed by atoms with Crippen LogP contribution < -0.4 is 0 Å². The number of esters is 1. The Bertz CT molecular complexity index is 1150. The number of hydrogen-bond donors (Lipinski definition) is 0. The van der Waals surface area contributed by atoms with Gasteiger partial charge in [-0.25, -0.2) is 18.2 Å². The molecule has 1 saturated heterocycles. The van der Waals surface area contributed by atoms with Crippen LogP contribution >= 0.6 is 11.3 Å². The monoisotopic (exact) mass is 446 g/mol. The maximum Gasteiger partial charge on any atom is 0.339 e. The molecule has 2 aromatic heterocycles. The minimum atomic E-state index is -3.74. The molecule has 1 aliphatic rings. The molecule has 3 heterocycles. The molecular weight excluding hydrogens is 424 g/mol. The Morgan fingerprint density at radius 3 is 2.70 bits per heavy atom. The number of aryl methyl sites for hydroxylation is 1. The summed E-state index contributed by atoms with van der Waals surface area (Å²) in [4.78, 5) is 17.2. The van der Waals surface area contributed by atoms with Gasteiger partial charge in [-0.2, -0.15) is 9.40 Å². The van der Waals surface area contributed by atoms with Gasteiger partial charge in [0, 0.05) is 37.3 Å². The van der Waals surface area contributed by atoms with Gasteiger partial charge in [-0.15, -0.1) is 11.3 Å². The summed E-state index contributed by atoms with van der Waals surface area (Å²) in [6.45, 7) is 0.914. The Kier molecular flexibility index (Phi) is 5.98. The maximum absolute atomic E-state index is 13.0. The summed E-state index contributed by atoms with van der Waals surface area (Å²) in [5.74, 6) is -0.679. The number of thiazole rings is 1. The Morgan fingerprint density at radius 1 is 1.20 bits per heavy atom. The average molecular weight is 447 g/mol. The zero-order valence-corrected chi connectivity index (χ0v) is 18.2. The first kappa shape index (κ1) is 20.7. The van der Waals surface area contributed by atoms with E-state index in [9.17, 15) is 13.2 Å². The van der Waals surface area contributed by atoms with Crippen molar-refractivity contribution in [2.45, 2.75) is 30.8 Å². The molecule has 30 heavy (non-hydrogen) atoms. The van der Waals surface area contributed by atoms with Crippen molar-refractivity contribution in [3.8, 4) is 10.6 Å². The zero-order valence-electron chi connectivity index (χ0n) is 16.5. The second-order valence-corrected chi connectivity index (χ2v) is 9.85. The van der Waals surface area contributed by atoms with Gasteiger partial charge in [0.2, 0.25) is 10.0 Å². The molecule has 1 aliphatic heterocycles. The molecule has 3 aromatic rings. The van der Waals surface area contributed by atoms with E-state index in [1.807, 2.05) is 18.6 Å². The second-order valence-electron chi connectivity index (χ2n) is 7.08. The van der Waals surface area contributed by atoms with E-state index in [0.717, 1.165) is 29.8 Å². The van der Waals surface area contributed by atoms with E-state index >= 15 is 0 Å². The lowest BCUT2D eigenvalue weighted by Gasteiger charge is -2.26. The Morgan fingerprint density at radius 2 is 1.97 bits per heavy atom. The molecule has 1 aromatic carbocycles. The third-order valence-electron chi connectivity index (χ3n) is 4.89. The molecular formula is C20H22N4O4S2. The number of piperidine rings is 1. The summed E-state index contributed by atoms with van der Waals surface area (Å²) in [7, 11) is -1.91. The molecule has 158 valence electrons. The SMILES string of the molecule is Cn1cc(-c2nc(COC(=O)c3ccccc3S(=O)(=O)N3CCCCC3)cs2)cn1. The van der Waals surface area contributed by atoms with Crippen molar-refractivity contribution < 1.29 is 17.9 Å². The third kappa shape index (κ3) is 4.30. The molecule has 0 radical (unpaired) electrons. The molecule has 1 fully saturated rings. The number of carbonyl (C=O) groups is 1. The van der Waals surface area contributed by atoms with Crippen LogP contribution in [0.1, 0.15) is 35.3 Å². The first-order valence-corrected chi connectivity index (χ1v) is 12.0. The van der Waals surface area contributed by atoms with Crippen LogP contribution in [0.15, 0.2) is 46.9 Å². The lowest BCUT2D eigenvalue weighted by molar-refractivity contribution is 0.0463. The minimum Gasteiger partial charge on any atom is -0.456 e. The summed E-state index contributed by atoms with van der Waals surface area (Å²) in [6.07, 6.45) is 6.25. The third-order valence-corrected chi connectivity index (χ3v) is 7.79. The van der Waals surface area contributed by atoms with Gasteiger partial charge in [0.05, 0.1) is 22.3 Å². The highest BCUT2D eigenvalue weighted by Crippen LogP contribution is 2.26. The number of aromatic nitrogens is 3. The van der Waals surface area contributed by atoms with E-state index in [4.69, 9.17) is 4.74 Å². The van der Waals surface area contributed by atoms with Gasteiger partial charge in [0.1, 0.15) is 11.6 Å². The minimum absolute atomic E-state index is 0.00812. The molecule has 0 atom stereocenters. The summed E-state index contributed by atoms with van der Waals surface area (Å²) in [5.41, 5.74) is 1.53. The number of hydrogen-bond acceptors (Lipinski definition) is 7. The molecule has 4 rings (SSSR count). The average Bonchev–Trinajstić information content (AvgIpc) is 3.41. The molecule has 0 spiro atoms. The Balaban J connectivity index is 1.49. The molecule has 10 heteroatoms. The number of sulfonamides is 1. The van der Waals surface area contributed by atoms with Gasteiger partial charge in [-0.1, -0.05) is 18.6 Å². The first-order chi connectivity index (χ1) is 14.4. The fourth-order valence-electron chi connectivity index (χ4n) is 3.36. The van der Waals surface area contributed by atoms with Crippen molar-refractivity contribution >= 4 is 27.3 Å². The van der Waals surface area contributed by atoms with E-state index < -0.39 is 16.0 Å². The normalized spacial score (nSPS) is 15.2. The highest BCUT2D eigenvalue weighted by molar-refractivity contribution is 7.89. The van der Waals surface area contributed by atoms with Crippen LogP contribution in [-0.4, -0.2) is 46.5 Å². The van der Waals surface area contributed by atoms with Crippen LogP contribution in [-0.2, 0) is 28.4 Å². The molecule has 0 aliphatic carbocycles. The van der Waals surface area contributed by atoms with Crippen LogP contribution in [0.5, 0.6) is 0 Å². The van der Waals surface area contributed by atoms with Gasteiger partial charge in [0.25, 0.3) is 0 Å². The Labute approximate surface area is 179 Å². The van der Waals surface area contributed by atoms with Crippen molar-refractivity contribution in [3.63, 3.8) is 0 Å². The molecule has 0 bridgehead atoms. The van der Waals surface area contributed by atoms with Gasteiger partial charge in [0.15, 0.2) is 0 Å². The van der Waals surface area contributed by atoms with Crippen LogP contribution in [0.2, 0.25) is 0 Å². The van der Waals surface area contributed by atoms with E-state index in [2.05, 4.69) is 10.1 Å². The van der Waals surface area contributed by atoms with E-state index in [-0.39, 0.29) is 17.1 Å². The fraction of sp³-hybridized carbons (Fsp3) is 0.350. The molecule has 0 saturated carbocycles. The second kappa shape index (κ2) is 8.66. The molecule has 0 amide bonds. The van der Waals surface area contributed by atoms with Gasteiger partial charge < -0.3 is 4.74 Å². The number of rotatable bonds is 6. The fourth-order valence-corrected chi connectivity index (χ4v) is 5.84. The predicted octanol–water partition coefficient (Wildman–Crippen LogP) is 3.08.